The highest BCUT2D eigenvalue weighted by molar-refractivity contribution is 6.22. The van der Waals surface area contributed by atoms with Crippen molar-refractivity contribution < 1.29 is 9.59 Å². The van der Waals surface area contributed by atoms with Crippen LogP contribution in [0.5, 0.6) is 0 Å². The monoisotopic (exact) mass is 310 g/mol. The fourth-order valence-electron chi connectivity index (χ4n) is 5.15. The van der Waals surface area contributed by atoms with Crippen LogP contribution >= 0.6 is 0 Å². The molecule has 1 aromatic heterocycles. The second-order valence-corrected chi connectivity index (χ2v) is 7.45. The minimum atomic E-state index is -0.159. The fraction of sp³-hybridized carbons (Fsp3) is 0.526. The molecule has 2 heterocycles. The zero-order valence-electron chi connectivity index (χ0n) is 14.1. The van der Waals surface area contributed by atoms with Gasteiger partial charge in [-0.15, -0.1) is 0 Å². The number of aryl methyl sites for hydroxylation is 2. The Kier molecular flexibility index (Phi) is 3.03. The number of imide groups is 1. The van der Waals surface area contributed by atoms with E-state index in [0.29, 0.717) is 5.82 Å². The summed E-state index contributed by atoms with van der Waals surface area (Å²) in [5.41, 5.74) is 4.54. The molecule has 3 aliphatic rings. The molecule has 23 heavy (non-hydrogen) atoms. The van der Waals surface area contributed by atoms with Crippen molar-refractivity contribution in [1.82, 2.24) is 4.98 Å². The van der Waals surface area contributed by atoms with Crippen molar-refractivity contribution in [3.05, 3.63) is 34.5 Å². The van der Waals surface area contributed by atoms with Crippen LogP contribution in [0.25, 0.3) is 0 Å². The van der Waals surface area contributed by atoms with Gasteiger partial charge in [0.2, 0.25) is 11.8 Å². The zero-order valence-corrected chi connectivity index (χ0v) is 14.1. The molecule has 0 spiro atoms. The van der Waals surface area contributed by atoms with E-state index < -0.39 is 0 Å². The summed E-state index contributed by atoms with van der Waals surface area (Å²) in [5.74, 6) is 0.643. The number of amides is 2. The van der Waals surface area contributed by atoms with Gasteiger partial charge in [-0.3, -0.25) is 9.59 Å². The number of anilines is 1. The number of aromatic nitrogens is 1. The number of hydrogen-bond acceptors (Lipinski definition) is 3. The Hall–Kier alpha value is -1.97. The second kappa shape index (κ2) is 4.76. The number of carbonyl (C=O) groups excluding carboxylic acids is 2. The van der Waals surface area contributed by atoms with E-state index in [2.05, 4.69) is 18.8 Å². The van der Waals surface area contributed by atoms with Crippen LogP contribution in [0.2, 0.25) is 0 Å². The molecule has 1 aliphatic heterocycles. The van der Waals surface area contributed by atoms with Crippen molar-refractivity contribution in [2.75, 3.05) is 4.90 Å². The summed E-state index contributed by atoms with van der Waals surface area (Å²) in [5, 5.41) is 0. The topological polar surface area (TPSA) is 50.3 Å². The first-order valence-corrected chi connectivity index (χ1v) is 8.40. The molecule has 4 atom stereocenters. The van der Waals surface area contributed by atoms with Gasteiger partial charge in [0.25, 0.3) is 0 Å². The predicted molar refractivity (Wildman–Crippen MR) is 87.8 cm³/mol. The largest absolute Gasteiger partial charge is 0.274 e. The number of hydrogen-bond donors (Lipinski definition) is 0. The van der Waals surface area contributed by atoms with Crippen LogP contribution in [0.4, 0.5) is 5.82 Å². The molecule has 2 bridgehead atoms. The number of allylic oxidation sites excluding steroid dienone is 2. The zero-order chi connectivity index (χ0) is 16.5. The molecule has 2 saturated carbocycles. The molecule has 2 aliphatic carbocycles. The van der Waals surface area contributed by atoms with E-state index in [9.17, 15) is 9.59 Å². The van der Waals surface area contributed by atoms with Gasteiger partial charge in [-0.1, -0.05) is 11.1 Å². The molecule has 2 amide bonds. The van der Waals surface area contributed by atoms with Crippen molar-refractivity contribution >= 4 is 17.6 Å². The first kappa shape index (κ1) is 14.6. The SMILES string of the molecule is CC(C)=C1[C@H]2CC[C@H]1[C@@H]1C(=O)N(c3cc(C)cc(C)n3)C(=O)[C@H]12. The summed E-state index contributed by atoms with van der Waals surface area (Å²) in [4.78, 5) is 31.8. The Balaban J connectivity index is 1.77. The number of rotatable bonds is 1. The predicted octanol–water partition coefficient (Wildman–Crippen LogP) is 3.18. The van der Waals surface area contributed by atoms with Gasteiger partial charge in [-0.2, -0.15) is 0 Å². The molecule has 4 rings (SSSR count). The molecule has 0 radical (unpaired) electrons. The summed E-state index contributed by atoms with van der Waals surface area (Å²) >= 11 is 0. The minimum Gasteiger partial charge on any atom is -0.274 e. The molecular weight excluding hydrogens is 288 g/mol. The maximum absolute atomic E-state index is 13.0. The average molecular weight is 310 g/mol. The third kappa shape index (κ3) is 1.87. The molecular formula is C19H22N2O2. The van der Waals surface area contributed by atoms with Crippen molar-refractivity contribution in [2.24, 2.45) is 23.7 Å². The van der Waals surface area contributed by atoms with E-state index in [4.69, 9.17) is 0 Å². The molecule has 120 valence electrons. The quantitative estimate of drug-likeness (QED) is 0.591. The summed E-state index contributed by atoms with van der Waals surface area (Å²) in [6, 6.07) is 3.80. The third-order valence-electron chi connectivity index (χ3n) is 5.74. The van der Waals surface area contributed by atoms with Gasteiger partial charge in [0.15, 0.2) is 0 Å². The number of carbonyl (C=O) groups is 2. The van der Waals surface area contributed by atoms with Crippen molar-refractivity contribution in [2.45, 2.75) is 40.5 Å². The molecule has 3 fully saturated rings. The third-order valence-corrected chi connectivity index (χ3v) is 5.74. The Bertz CT molecular complexity index is 708. The van der Waals surface area contributed by atoms with E-state index >= 15 is 0 Å². The second-order valence-electron chi connectivity index (χ2n) is 7.45. The maximum atomic E-state index is 13.0. The van der Waals surface area contributed by atoms with Crippen LogP contribution in [0.3, 0.4) is 0 Å². The van der Waals surface area contributed by atoms with Crippen molar-refractivity contribution in [1.29, 1.82) is 0 Å². The number of nitrogens with zero attached hydrogens (tertiary/aromatic N) is 2. The van der Waals surface area contributed by atoms with Gasteiger partial charge >= 0.3 is 0 Å². The van der Waals surface area contributed by atoms with E-state index in [-0.39, 0.29) is 35.5 Å². The first-order chi connectivity index (χ1) is 10.9. The lowest BCUT2D eigenvalue weighted by molar-refractivity contribution is -0.123. The average Bonchev–Trinajstić information content (AvgIpc) is 3.08. The lowest BCUT2D eigenvalue weighted by Crippen LogP contribution is -2.34. The van der Waals surface area contributed by atoms with E-state index in [0.717, 1.165) is 24.1 Å². The Morgan fingerprint density at radius 3 is 2.09 bits per heavy atom. The Morgan fingerprint density at radius 2 is 1.61 bits per heavy atom. The standard InChI is InChI=1S/C19H22N2O2/c1-9(2)15-12-5-6-13(15)17-16(12)18(22)21(19(17)23)14-8-10(3)7-11(4)20-14/h7-8,12-13,16-17H,5-6H2,1-4H3/t12-,13-,16+,17+/m1/s1. The first-order valence-electron chi connectivity index (χ1n) is 8.40. The summed E-state index contributed by atoms with van der Waals surface area (Å²) in [6.07, 6.45) is 2.08. The fourth-order valence-corrected chi connectivity index (χ4v) is 5.15. The summed E-state index contributed by atoms with van der Waals surface area (Å²) in [7, 11) is 0. The summed E-state index contributed by atoms with van der Waals surface area (Å²) < 4.78 is 0. The lowest BCUT2D eigenvalue weighted by Gasteiger charge is -2.19. The van der Waals surface area contributed by atoms with Gasteiger partial charge in [0.05, 0.1) is 11.8 Å². The summed E-state index contributed by atoms with van der Waals surface area (Å²) in [6.45, 7) is 8.09. The van der Waals surface area contributed by atoms with Crippen LogP contribution in [0.15, 0.2) is 23.3 Å². The van der Waals surface area contributed by atoms with Crippen LogP contribution < -0.4 is 4.90 Å². The molecule has 4 heteroatoms. The van der Waals surface area contributed by atoms with Crippen molar-refractivity contribution in [3.8, 4) is 0 Å². The highest BCUT2D eigenvalue weighted by Crippen LogP contribution is 2.60. The van der Waals surface area contributed by atoms with Gasteiger partial charge in [-0.05, 0) is 70.1 Å². The lowest BCUT2D eigenvalue weighted by atomic mass is 9.81. The maximum Gasteiger partial charge on any atom is 0.239 e. The Morgan fingerprint density at radius 1 is 1.04 bits per heavy atom. The van der Waals surface area contributed by atoms with Gasteiger partial charge in [0.1, 0.15) is 5.82 Å². The van der Waals surface area contributed by atoms with Crippen LogP contribution in [0, 0.1) is 37.5 Å². The normalized spacial score (nSPS) is 32.0. The van der Waals surface area contributed by atoms with E-state index in [1.54, 1.807) is 0 Å². The van der Waals surface area contributed by atoms with Crippen LogP contribution in [0.1, 0.15) is 37.9 Å². The van der Waals surface area contributed by atoms with E-state index in [1.165, 1.54) is 16.0 Å². The van der Waals surface area contributed by atoms with Gasteiger partial charge in [-0.25, -0.2) is 9.88 Å². The minimum absolute atomic E-state index is 0.0385. The van der Waals surface area contributed by atoms with E-state index in [1.807, 2.05) is 26.0 Å². The Labute approximate surface area is 136 Å². The van der Waals surface area contributed by atoms with Crippen LogP contribution in [-0.4, -0.2) is 16.8 Å². The molecule has 1 saturated heterocycles. The molecule has 0 aromatic carbocycles. The highest BCUT2D eigenvalue weighted by Gasteiger charge is 2.63. The van der Waals surface area contributed by atoms with Gasteiger partial charge < -0.3 is 0 Å². The highest BCUT2D eigenvalue weighted by atomic mass is 16.2. The molecule has 0 unspecified atom stereocenters. The number of fused-ring (bicyclic) bond motifs is 5. The smallest absolute Gasteiger partial charge is 0.239 e. The van der Waals surface area contributed by atoms with Gasteiger partial charge in [0, 0.05) is 5.69 Å². The molecule has 4 nitrogen and oxygen atoms in total. The van der Waals surface area contributed by atoms with Crippen molar-refractivity contribution in [3.63, 3.8) is 0 Å². The van der Waals surface area contributed by atoms with Crippen LogP contribution in [-0.2, 0) is 9.59 Å². The molecule has 1 aromatic rings. The molecule has 0 N–H and O–H groups in total. The number of pyridine rings is 1.